The summed E-state index contributed by atoms with van der Waals surface area (Å²) in [4.78, 5) is 26.5. The minimum atomic E-state index is -0.352. The molecular formula is C23H25N5O3. The highest BCUT2D eigenvalue weighted by atomic mass is 16.6. The molecule has 0 unspecified atom stereocenters. The summed E-state index contributed by atoms with van der Waals surface area (Å²) in [5, 5.41) is 8.19. The zero-order chi connectivity index (χ0) is 21.8. The van der Waals surface area contributed by atoms with E-state index in [4.69, 9.17) is 9.36 Å². The predicted molar refractivity (Wildman–Crippen MR) is 116 cm³/mol. The monoisotopic (exact) mass is 419 g/mol. The highest BCUT2D eigenvalue weighted by molar-refractivity contribution is 6.00. The molecule has 0 aliphatic carbocycles. The second-order valence-electron chi connectivity index (χ2n) is 7.72. The fourth-order valence-electron chi connectivity index (χ4n) is 3.68. The van der Waals surface area contributed by atoms with Crippen LogP contribution < -0.4 is 0 Å². The van der Waals surface area contributed by atoms with E-state index in [1.165, 1.54) is 7.11 Å². The maximum atomic E-state index is 13.3. The average Bonchev–Trinajstić information content (AvgIpc) is 3.41. The Balaban J connectivity index is 1.58. The zero-order valence-corrected chi connectivity index (χ0v) is 17.9. The van der Waals surface area contributed by atoms with Crippen LogP contribution in [0.3, 0.4) is 0 Å². The molecule has 0 saturated carbocycles. The molecule has 1 aromatic heterocycles. The minimum Gasteiger partial charge on any atom is -0.399 e. The van der Waals surface area contributed by atoms with Gasteiger partial charge in [0.05, 0.1) is 18.8 Å². The highest BCUT2D eigenvalue weighted by Gasteiger charge is 2.37. The number of rotatable bonds is 6. The van der Waals surface area contributed by atoms with Crippen molar-refractivity contribution < 1.29 is 14.2 Å². The van der Waals surface area contributed by atoms with E-state index in [1.807, 2.05) is 73.6 Å². The smallest absolute Gasteiger partial charge is 0.254 e. The van der Waals surface area contributed by atoms with E-state index in [-0.39, 0.29) is 11.9 Å². The average molecular weight is 419 g/mol. The fourth-order valence-corrected chi connectivity index (χ4v) is 3.68. The third-order valence-corrected chi connectivity index (χ3v) is 5.11. The summed E-state index contributed by atoms with van der Waals surface area (Å²) in [7, 11) is 5.35. The summed E-state index contributed by atoms with van der Waals surface area (Å²) in [6.07, 6.45) is 0.503. The van der Waals surface area contributed by atoms with Gasteiger partial charge in [0.25, 0.3) is 5.91 Å². The topological polar surface area (TPSA) is 84.1 Å². The normalized spacial score (nSPS) is 17.5. The SMILES string of the molecule is CO/N=C1\C[C@@H](c2noc(CN(C)C)n2)N(C(=O)c2ccc(-c3ccccc3)cc2)C1. The lowest BCUT2D eigenvalue weighted by Crippen LogP contribution is -2.31. The second-order valence-corrected chi connectivity index (χ2v) is 7.72. The first-order chi connectivity index (χ1) is 15.0. The van der Waals surface area contributed by atoms with Crippen molar-refractivity contribution in [1.29, 1.82) is 0 Å². The molecule has 3 aromatic rings. The lowest BCUT2D eigenvalue weighted by atomic mass is 10.0. The molecule has 1 atom stereocenters. The number of nitrogens with zero attached hydrogens (tertiary/aromatic N) is 5. The Morgan fingerprint density at radius 1 is 1.16 bits per heavy atom. The summed E-state index contributed by atoms with van der Waals surface area (Å²) in [6, 6.07) is 17.3. The highest BCUT2D eigenvalue weighted by Crippen LogP contribution is 2.31. The number of carbonyl (C=O) groups excluding carboxylic acids is 1. The van der Waals surface area contributed by atoms with Gasteiger partial charge in [0.1, 0.15) is 13.2 Å². The lowest BCUT2D eigenvalue weighted by Gasteiger charge is -2.21. The van der Waals surface area contributed by atoms with Gasteiger partial charge in [0.2, 0.25) is 5.89 Å². The standard InChI is InChI=1S/C23H25N5O3/c1-27(2)15-21-24-22(26-31-21)20-13-19(25-30-3)14-28(20)23(29)18-11-9-17(10-12-18)16-7-5-4-6-8-16/h4-12,20H,13-15H2,1-3H3/b25-19+/t20-/m0/s1. The van der Waals surface area contributed by atoms with E-state index in [0.717, 1.165) is 16.8 Å². The Bertz CT molecular complexity index is 1060. The summed E-state index contributed by atoms with van der Waals surface area (Å²) >= 11 is 0. The van der Waals surface area contributed by atoms with Crippen LogP contribution in [0.1, 0.15) is 34.5 Å². The van der Waals surface area contributed by atoms with Crippen molar-refractivity contribution in [3.63, 3.8) is 0 Å². The third kappa shape index (κ3) is 4.64. The van der Waals surface area contributed by atoms with Crippen LogP contribution in [0.4, 0.5) is 0 Å². The first-order valence-corrected chi connectivity index (χ1v) is 10.1. The van der Waals surface area contributed by atoms with E-state index in [2.05, 4.69) is 15.3 Å². The molecule has 0 radical (unpaired) electrons. The molecule has 1 aliphatic heterocycles. The van der Waals surface area contributed by atoms with E-state index >= 15 is 0 Å². The largest absolute Gasteiger partial charge is 0.399 e. The molecular weight excluding hydrogens is 394 g/mol. The van der Waals surface area contributed by atoms with Crippen molar-refractivity contribution in [3.05, 3.63) is 71.9 Å². The maximum absolute atomic E-state index is 13.3. The van der Waals surface area contributed by atoms with Gasteiger partial charge in [0.15, 0.2) is 5.82 Å². The molecule has 8 heteroatoms. The first kappa shape index (κ1) is 20.7. The number of oxime groups is 1. The van der Waals surface area contributed by atoms with Gasteiger partial charge in [-0.3, -0.25) is 4.79 Å². The van der Waals surface area contributed by atoms with Gasteiger partial charge >= 0.3 is 0 Å². The number of hydrogen-bond acceptors (Lipinski definition) is 7. The number of amides is 1. The van der Waals surface area contributed by atoms with E-state index in [0.29, 0.717) is 36.8 Å². The molecule has 1 aliphatic rings. The van der Waals surface area contributed by atoms with Gasteiger partial charge < -0.3 is 19.2 Å². The quantitative estimate of drug-likeness (QED) is 0.570. The molecule has 0 spiro atoms. The summed E-state index contributed by atoms with van der Waals surface area (Å²) in [5.41, 5.74) is 3.53. The number of likely N-dealkylation sites (tertiary alicyclic amines) is 1. The molecule has 1 fully saturated rings. The van der Waals surface area contributed by atoms with Crippen LogP contribution in [0.15, 0.2) is 64.3 Å². The molecule has 160 valence electrons. The number of carbonyl (C=O) groups is 1. The molecule has 4 rings (SSSR count). The van der Waals surface area contributed by atoms with Crippen LogP contribution in [0, 0.1) is 0 Å². The van der Waals surface area contributed by atoms with Gasteiger partial charge in [-0.05, 0) is 37.4 Å². The van der Waals surface area contributed by atoms with Gasteiger partial charge in [-0.25, -0.2) is 0 Å². The first-order valence-electron chi connectivity index (χ1n) is 10.1. The van der Waals surface area contributed by atoms with Crippen molar-refractivity contribution in [2.24, 2.45) is 5.16 Å². The summed E-state index contributed by atoms with van der Waals surface area (Å²) in [5.74, 6) is 0.883. The third-order valence-electron chi connectivity index (χ3n) is 5.11. The van der Waals surface area contributed by atoms with E-state index in [9.17, 15) is 4.79 Å². The minimum absolute atomic E-state index is 0.107. The van der Waals surface area contributed by atoms with Crippen LogP contribution >= 0.6 is 0 Å². The Labute approximate surface area is 181 Å². The molecule has 2 aromatic carbocycles. The van der Waals surface area contributed by atoms with Gasteiger partial charge in [-0.2, -0.15) is 4.98 Å². The van der Waals surface area contributed by atoms with E-state index in [1.54, 1.807) is 4.90 Å². The number of hydrogen-bond donors (Lipinski definition) is 0. The molecule has 8 nitrogen and oxygen atoms in total. The Kier molecular flexibility index (Phi) is 6.08. The number of benzene rings is 2. The molecule has 1 amide bonds. The second kappa shape index (κ2) is 9.09. The fraction of sp³-hybridized carbons (Fsp3) is 0.304. The molecule has 1 saturated heterocycles. The van der Waals surface area contributed by atoms with Crippen LogP contribution in [0.25, 0.3) is 11.1 Å². The van der Waals surface area contributed by atoms with Crippen LogP contribution in [-0.2, 0) is 11.4 Å². The molecule has 0 N–H and O–H groups in total. The van der Waals surface area contributed by atoms with Gasteiger partial charge in [0, 0.05) is 12.0 Å². The predicted octanol–water partition coefficient (Wildman–Crippen LogP) is 3.39. The Morgan fingerprint density at radius 3 is 2.55 bits per heavy atom. The number of aromatic nitrogens is 2. The van der Waals surface area contributed by atoms with Crippen molar-refractivity contribution in [2.45, 2.75) is 19.0 Å². The van der Waals surface area contributed by atoms with Crippen molar-refractivity contribution in [3.8, 4) is 11.1 Å². The zero-order valence-electron chi connectivity index (χ0n) is 17.9. The van der Waals surface area contributed by atoms with Crippen LogP contribution in [0.2, 0.25) is 0 Å². The molecule has 0 bridgehead atoms. The van der Waals surface area contributed by atoms with Crippen molar-refractivity contribution in [2.75, 3.05) is 27.7 Å². The Morgan fingerprint density at radius 2 is 1.87 bits per heavy atom. The van der Waals surface area contributed by atoms with Gasteiger partial charge in [-0.15, -0.1) is 0 Å². The summed E-state index contributed by atoms with van der Waals surface area (Å²) in [6.45, 7) is 0.892. The van der Waals surface area contributed by atoms with Crippen LogP contribution in [0.5, 0.6) is 0 Å². The van der Waals surface area contributed by atoms with Crippen molar-refractivity contribution in [1.82, 2.24) is 19.9 Å². The molecule has 31 heavy (non-hydrogen) atoms. The Hall–Kier alpha value is -3.52. The van der Waals surface area contributed by atoms with Crippen molar-refractivity contribution >= 4 is 11.6 Å². The summed E-state index contributed by atoms with van der Waals surface area (Å²) < 4.78 is 5.37. The molecule has 2 heterocycles. The maximum Gasteiger partial charge on any atom is 0.254 e. The van der Waals surface area contributed by atoms with E-state index < -0.39 is 0 Å². The lowest BCUT2D eigenvalue weighted by molar-refractivity contribution is 0.0732. The van der Waals surface area contributed by atoms with Crippen LogP contribution in [-0.4, -0.2) is 59.3 Å². The van der Waals surface area contributed by atoms with Gasteiger partial charge in [-0.1, -0.05) is 52.8 Å².